The van der Waals surface area contributed by atoms with E-state index in [0.717, 1.165) is 11.8 Å². The third-order valence-corrected chi connectivity index (χ3v) is 3.09. The summed E-state index contributed by atoms with van der Waals surface area (Å²) in [6, 6.07) is 4.91. The molecule has 0 saturated carbocycles. The Labute approximate surface area is 106 Å². The van der Waals surface area contributed by atoms with Crippen LogP contribution in [0, 0.1) is 25.7 Å². The first kappa shape index (κ1) is 14.1. The van der Waals surface area contributed by atoms with Gasteiger partial charge in [0.05, 0.1) is 0 Å². The van der Waals surface area contributed by atoms with Crippen LogP contribution >= 0.6 is 0 Å². The Hall–Kier alpha value is -0.920. The van der Waals surface area contributed by atoms with Crippen molar-refractivity contribution in [2.75, 3.05) is 5.43 Å². The molecule has 17 heavy (non-hydrogen) atoms. The van der Waals surface area contributed by atoms with E-state index in [1.807, 2.05) is 0 Å². The summed E-state index contributed by atoms with van der Waals surface area (Å²) in [7, 11) is 0. The number of hydrogen-bond donors (Lipinski definition) is 1. The van der Waals surface area contributed by atoms with E-state index in [9.17, 15) is 0 Å². The molecule has 1 rings (SSSR count). The van der Waals surface area contributed by atoms with E-state index in [4.69, 9.17) is 0 Å². The lowest BCUT2D eigenvalue weighted by molar-refractivity contribution is 0.418. The predicted molar refractivity (Wildman–Crippen MR) is 76.0 cm³/mol. The number of aryl methyl sites for hydroxylation is 2. The third-order valence-electron chi connectivity index (χ3n) is 3.09. The molecule has 0 aliphatic carbocycles. The second-order valence-electron chi connectivity index (χ2n) is 6.04. The fraction of sp³-hybridized carbons (Fsp3) is 0.733. The highest BCUT2D eigenvalue weighted by Crippen LogP contribution is 2.16. The van der Waals surface area contributed by atoms with Crippen molar-refractivity contribution in [1.82, 2.24) is 4.68 Å². The topological polar surface area (TPSA) is 17.0 Å². The molecule has 2 nitrogen and oxygen atoms in total. The average Bonchev–Trinajstić information content (AvgIpc) is 2.47. The molecule has 0 bridgehead atoms. The normalized spacial score (nSPS) is 11.8. The van der Waals surface area contributed by atoms with Gasteiger partial charge in [0.2, 0.25) is 0 Å². The van der Waals surface area contributed by atoms with E-state index >= 15 is 0 Å². The standard InChI is InChI=1S/C15H28N2/c1-11(2)9-15(10-12(3)4)16-17-13(5)7-8-14(17)6/h7-8,11-12,15-16H,9-10H2,1-6H3. The van der Waals surface area contributed by atoms with Crippen molar-refractivity contribution < 1.29 is 0 Å². The molecular formula is C15H28N2. The van der Waals surface area contributed by atoms with Gasteiger partial charge in [-0.25, -0.2) is 0 Å². The van der Waals surface area contributed by atoms with Crippen LogP contribution in [0.15, 0.2) is 12.1 Å². The number of hydrogen-bond acceptors (Lipinski definition) is 1. The summed E-state index contributed by atoms with van der Waals surface area (Å²) in [5.74, 6) is 1.48. The number of rotatable bonds is 6. The Morgan fingerprint density at radius 2 is 1.35 bits per heavy atom. The number of nitrogens with zero attached hydrogens (tertiary/aromatic N) is 1. The summed E-state index contributed by atoms with van der Waals surface area (Å²) in [6.45, 7) is 13.5. The van der Waals surface area contributed by atoms with E-state index in [0.29, 0.717) is 6.04 Å². The zero-order chi connectivity index (χ0) is 13.0. The maximum atomic E-state index is 3.67. The molecule has 0 fully saturated rings. The Bertz CT molecular complexity index is 307. The van der Waals surface area contributed by atoms with Gasteiger partial charge in [-0.15, -0.1) is 0 Å². The first-order chi connectivity index (χ1) is 7.90. The maximum absolute atomic E-state index is 3.67. The average molecular weight is 236 g/mol. The molecule has 0 atom stereocenters. The second kappa shape index (κ2) is 6.13. The lowest BCUT2D eigenvalue weighted by atomic mass is 9.96. The Kier molecular flexibility index (Phi) is 5.10. The highest BCUT2D eigenvalue weighted by molar-refractivity contribution is 5.15. The first-order valence-electron chi connectivity index (χ1n) is 6.81. The fourth-order valence-corrected chi connectivity index (χ4v) is 2.39. The van der Waals surface area contributed by atoms with Gasteiger partial charge in [0, 0.05) is 17.4 Å². The first-order valence-corrected chi connectivity index (χ1v) is 6.81. The molecule has 0 saturated heterocycles. The van der Waals surface area contributed by atoms with Gasteiger partial charge >= 0.3 is 0 Å². The van der Waals surface area contributed by atoms with Gasteiger partial charge in [0.1, 0.15) is 0 Å². The monoisotopic (exact) mass is 236 g/mol. The smallest absolute Gasteiger partial charge is 0.0429 e. The third kappa shape index (κ3) is 4.45. The largest absolute Gasteiger partial charge is 0.323 e. The summed E-state index contributed by atoms with van der Waals surface area (Å²) < 4.78 is 2.23. The van der Waals surface area contributed by atoms with Crippen molar-refractivity contribution in [2.24, 2.45) is 11.8 Å². The van der Waals surface area contributed by atoms with Crippen LogP contribution in [0.5, 0.6) is 0 Å². The highest BCUT2D eigenvalue weighted by atomic mass is 15.4. The Morgan fingerprint density at radius 3 is 1.71 bits per heavy atom. The minimum atomic E-state index is 0.569. The second-order valence-corrected chi connectivity index (χ2v) is 6.04. The molecule has 0 aliphatic heterocycles. The van der Waals surface area contributed by atoms with Crippen LogP contribution in [0.25, 0.3) is 0 Å². The predicted octanol–water partition coefficient (Wildman–Crippen LogP) is 4.11. The van der Waals surface area contributed by atoms with Crippen LogP contribution < -0.4 is 5.43 Å². The molecule has 1 heterocycles. The zero-order valence-corrected chi connectivity index (χ0v) is 12.2. The van der Waals surface area contributed by atoms with Crippen molar-refractivity contribution >= 4 is 0 Å². The zero-order valence-electron chi connectivity index (χ0n) is 12.2. The highest BCUT2D eigenvalue weighted by Gasteiger charge is 2.14. The van der Waals surface area contributed by atoms with Crippen LogP contribution in [0.4, 0.5) is 0 Å². The van der Waals surface area contributed by atoms with Gasteiger partial charge in [-0.3, -0.25) is 4.68 Å². The molecule has 0 unspecified atom stereocenters. The van der Waals surface area contributed by atoms with Crippen LogP contribution in [-0.2, 0) is 0 Å². The minimum absolute atomic E-state index is 0.569. The molecule has 2 heteroatoms. The molecule has 1 aromatic rings. The van der Waals surface area contributed by atoms with Gasteiger partial charge in [0.15, 0.2) is 0 Å². The van der Waals surface area contributed by atoms with Gasteiger partial charge in [-0.1, -0.05) is 27.7 Å². The van der Waals surface area contributed by atoms with Crippen LogP contribution in [0.1, 0.15) is 51.9 Å². The molecule has 0 aromatic carbocycles. The van der Waals surface area contributed by atoms with Gasteiger partial charge in [-0.2, -0.15) is 0 Å². The lowest BCUT2D eigenvalue weighted by Crippen LogP contribution is -2.31. The van der Waals surface area contributed by atoms with Crippen molar-refractivity contribution in [1.29, 1.82) is 0 Å². The molecule has 98 valence electrons. The van der Waals surface area contributed by atoms with Crippen LogP contribution in [0.3, 0.4) is 0 Å². The Morgan fingerprint density at radius 1 is 0.941 bits per heavy atom. The molecular weight excluding hydrogens is 208 g/mol. The summed E-state index contributed by atoms with van der Waals surface area (Å²) in [6.07, 6.45) is 2.46. The van der Waals surface area contributed by atoms with Gasteiger partial charge < -0.3 is 5.43 Å². The van der Waals surface area contributed by atoms with E-state index in [1.165, 1.54) is 24.2 Å². The van der Waals surface area contributed by atoms with E-state index < -0.39 is 0 Å². The lowest BCUT2D eigenvalue weighted by Gasteiger charge is -2.26. The molecule has 0 spiro atoms. The van der Waals surface area contributed by atoms with E-state index in [-0.39, 0.29) is 0 Å². The molecule has 0 amide bonds. The quantitative estimate of drug-likeness (QED) is 0.786. The van der Waals surface area contributed by atoms with Crippen LogP contribution in [-0.4, -0.2) is 10.7 Å². The van der Waals surface area contributed by atoms with Gasteiger partial charge in [-0.05, 0) is 50.7 Å². The summed E-state index contributed by atoms with van der Waals surface area (Å²) >= 11 is 0. The van der Waals surface area contributed by atoms with Crippen molar-refractivity contribution in [3.63, 3.8) is 0 Å². The van der Waals surface area contributed by atoms with E-state index in [1.54, 1.807) is 0 Å². The summed E-state index contributed by atoms with van der Waals surface area (Å²) in [5.41, 5.74) is 6.26. The van der Waals surface area contributed by atoms with Crippen LogP contribution in [0.2, 0.25) is 0 Å². The summed E-state index contributed by atoms with van der Waals surface area (Å²) in [4.78, 5) is 0. The molecule has 1 N–H and O–H groups in total. The van der Waals surface area contributed by atoms with E-state index in [2.05, 4.69) is 63.8 Å². The Balaban J connectivity index is 2.71. The minimum Gasteiger partial charge on any atom is -0.323 e. The molecule has 0 aliphatic rings. The molecule has 1 aromatic heterocycles. The SMILES string of the molecule is Cc1ccc(C)n1NC(CC(C)C)CC(C)C. The number of nitrogens with one attached hydrogen (secondary N) is 1. The molecule has 0 radical (unpaired) electrons. The van der Waals surface area contributed by atoms with Crippen molar-refractivity contribution in [2.45, 2.75) is 60.4 Å². The fourth-order valence-electron chi connectivity index (χ4n) is 2.39. The van der Waals surface area contributed by atoms with Crippen molar-refractivity contribution in [3.05, 3.63) is 23.5 Å². The summed E-state index contributed by atoms with van der Waals surface area (Å²) in [5, 5.41) is 0. The van der Waals surface area contributed by atoms with Gasteiger partial charge in [0.25, 0.3) is 0 Å². The van der Waals surface area contributed by atoms with Crippen molar-refractivity contribution in [3.8, 4) is 0 Å². The number of aromatic nitrogens is 1. The maximum Gasteiger partial charge on any atom is 0.0429 e.